The second-order valence-corrected chi connectivity index (χ2v) is 8.86. The molecule has 1 aliphatic rings. The first-order valence-electron chi connectivity index (χ1n) is 10.0. The summed E-state index contributed by atoms with van der Waals surface area (Å²) in [5, 5.41) is 0.558. The molecule has 1 saturated heterocycles. The van der Waals surface area contributed by atoms with E-state index >= 15 is 0 Å². The molecule has 30 heavy (non-hydrogen) atoms. The first-order chi connectivity index (χ1) is 14.3. The van der Waals surface area contributed by atoms with Crippen LogP contribution in [0.5, 0.6) is 5.75 Å². The Balaban J connectivity index is 1.64. The summed E-state index contributed by atoms with van der Waals surface area (Å²) >= 11 is 6.40. The summed E-state index contributed by atoms with van der Waals surface area (Å²) in [5.74, 6) is 0.614. The number of hydrogen-bond acceptors (Lipinski definition) is 4. The fourth-order valence-corrected chi connectivity index (χ4v) is 3.49. The largest absolute Gasteiger partial charge is 0.497 e. The second kappa shape index (κ2) is 8.07. The van der Waals surface area contributed by atoms with Crippen molar-refractivity contribution in [2.75, 3.05) is 0 Å². The van der Waals surface area contributed by atoms with Gasteiger partial charge in [0.05, 0.1) is 21.9 Å². The van der Waals surface area contributed by atoms with Gasteiger partial charge in [0, 0.05) is 17.2 Å². The summed E-state index contributed by atoms with van der Waals surface area (Å²) < 4.78 is 18.5. The van der Waals surface area contributed by atoms with Crippen molar-refractivity contribution in [1.82, 2.24) is 4.98 Å². The minimum atomic E-state index is -0.497. The van der Waals surface area contributed by atoms with E-state index in [9.17, 15) is 0 Å². The third-order valence-corrected chi connectivity index (χ3v) is 6.10. The Morgan fingerprint density at radius 1 is 0.933 bits per heavy atom. The Morgan fingerprint density at radius 2 is 1.63 bits per heavy atom. The van der Waals surface area contributed by atoms with Crippen LogP contribution < -0.4 is 10.2 Å². The zero-order chi connectivity index (χ0) is 21.4. The Hall–Kier alpha value is -2.34. The molecule has 0 amide bonds. The lowest BCUT2D eigenvalue weighted by molar-refractivity contribution is 0.00578. The SMILES string of the molecule is CC1(C)OB(c2cccnc2-c2ccc(Cl)c(OCc3ccccc3)c2)OC1(C)C. The Kier molecular flexibility index (Phi) is 5.62. The summed E-state index contributed by atoms with van der Waals surface area (Å²) in [6.45, 7) is 8.61. The number of rotatable bonds is 5. The maximum Gasteiger partial charge on any atom is 0.497 e. The van der Waals surface area contributed by atoms with E-state index in [-0.39, 0.29) is 0 Å². The Morgan fingerprint density at radius 3 is 2.33 bits per heavy atom. The van der Waals surface area contributed by atoms with E-state index in [0.29, 0.717) is 17.4 Å². The second-order valence-electron chi connectivity index (χ2n) is 8.45. The third-order valence-electron chi connectivity index (χ3n) is 5.79. The molecule has 0 atom stereocenters. The molecule has 3 aromatic rings. The molecule has 4 rings (SSSR count). The van der Waals surface area contributed by atoms with Gasteiger partial charge in [0.1, 0.15) is 12.4 Å². The van der Waals surface area contributed by atoms with Crippen molar-refractivity contribution < 1.29 is 14.0 Å². The van der Waals surface area contributed by atoms with E-state index in [0.717, 1.165) is 22.3 Å². The van der Waals surface area contributed by atoms with Crippen LogP contribution in [0, 0.1) is 0 Å². The fraction of sp³-hybridized carbons (Fsp3) is 0.292. The lowest BCUT2D eigenvalue weighted by Crippen LogP contribution is -2.41. The molecular formula is C24H25BClNO3. The van der Waals surface area contributed by atoms with Gasteiger partial charge in [-0.2, -0.15) is 0 Å². The van der Waals surface area contributed by atoms with Crippen molar-refractivity contribution in [3.8, 4) is 17.0 Å². The van der Waals surface area contributed by atoms with Gasteiger partial charge in [0.2, 0.25) is 0 Å². The van der Waals surface area contributed by atoms with Crippen molar-refractivity contribution in [2.24, 2.45) is 0 Å². The molecule has 0 aliphatic carbocycles. The van der Waals surface area contributed by atoms with Gasteiger partial charge in [-0.1, -0.05) is 54.1 Å². The van der Waals surface area contributed by atoms with Gasteiger partial charge in [-0.3, -0.25) is 4.98 Å². The molecule has 154 valence electrons. The summed E-state index contributed by atoms with van der Waals surface area (Å²) in [4.78, 5) is 4.62. The van der Waals surface area contributed by atoms with Gasteiger partial charge in [0.15, 0.2) is 0 Å². The molecule has 6 heteroatoms. The highest BCUT2D eigenvalue weighted by Crippen LogP contribution is 2.37. The van der Waals surface area contributed by atoms with Crippen LogP contribution in [-0.2, 0) is 15.9 Å². The molecule has 1 fully saturated rings. The van der Waals surface area contributed by atoms with Crippen molar-refractivity contribution in [1.29, 1.82) is 0 Å². The van der Waals surface area contributed by atoms with Gasteiger partial charge in [-0.25, -0.2) is 0 Å². The number of halogens is 1. The standard InChI is InChI=1S/C24H25BClNO3/c1-23(2)24(3,4)30-25(29-23)19-11-8-14-27-22(19)18-12-13-20(26)21(15-18)28-16-17-9-6-5-7-10-17/h5-15H,16H2,1-4H3. The first-order valence-corrected chi connectivity index (χ1v) is 10.4. The molecule has 2 aromatic carbocycles. The number of nitrogens with zero attached hydrogens (tertiary/aromatic N) is 1. The number of aromatic nitrogens is 1. The van der Waals surface area contributed by atoms with E-state index in [1.165, 1.54) is 0 Å². The lowest BCUT2D eigenvalue weighted by Gasteiger charge is -2.32. The summed E-state index contributed by atoms with van der Waals surface area (Å²) in [5.41, 5.74) is 2.80. The van der Waals surface area contributed by atoms with Gasteiger partial charge in [-0.05, 0) is 51.5 Å². The molecule has 1 aliphatic heterocycles. The van der Waals surface area contributed by atoms with E-state index in [1.54, 1.807) is 6.20 Å². The normalized spacial score (nSPS) is 17.2. The minimum Gasteiger partial charge on any atom is -0.487 e. The van der Waals surface area contributed by atoms with Crippen LogP contribution in [0.1, 0.15) is 33.3 Å². The van der Waals surface area contributed by atoms with E-state index < -0.39 is 18.3 Å². The molecular weight excluding hydrogens is 397 g/mol. The van der Waals surface area contributed by atoms with E-state index in [1.807, 2.05) is 88.4 Å². The maximum atomic E-state index is 6.40. The molecule has 4 nitrogen and oxygen atoms in total. The van der Waals surface area contributed by atoms with Crippen LogP contribution in [0.2, 0.25) is 5.02 Å². The monoisotopic (exact) mass is 421 g/mol. The van der Waals surface area contributed by atoms with Crippen LogP contribution >= 0.6 is 11.6 Å². The molecule has 2 heterocycles. The van der Waals surface area contributed by atoms with Crippen molar-refractivity contribution in [3.63, 3.8) is 0 Å². The summed E-state index contributed by atoms with van der Waals surface area (Å²) in [7, 11) is -0.497. The first kappa shape index (κ1) is 20.9. The van der Waals surface area contributed by atoms with Gasteiger partial charge in [-0.15, -0.1) is 0 Å². The van der Waals surface area contributed by atoms with Crippen LogP contribution in [-0.4, -0.2) is 23.3 Å². The van der Waals surface area contributed by atoms with Crippen molar-refractivity contribution >= 4 is 24.2 Å². The summed E-state index contributed by atoms with van der Waals surface area (Å²) in [6.07, 6.45) is 1.77. The van der Waals surface area contributed by atoms with E-state index in [2.05, 4.69) is 4.98 Å². The Labute approximate surface area is 183 Å². The lowest BCUT2D eigenvalue weighted by atomic mass is 9.76. The topological polar surface area (TPSA) is 40.6 Å². The molecule has 0 bridgehead atoms. The fourth-order valence-electron chi connectivity index (χ4n) is 3.32. The maximum absolute atomic E-state index is 6.40. The highest BCUT2D eigenvalue weighted by atomic mass is 35.5. The Bertz CT molecular complexity index is 1020. The van der Waals surface area contributed by atoms with Crippen LogP contribution in [0.25, 0.3) is 11.3 Å². The molecule has 1 aromatic heterocycles. The molecule has 0 N–H and O–H groups in total. The average molecular weight is 422 g/mol. The van der Waals surface area contributed by atoms with Crippen LogP contribution in [0.15, 0.2) is 66.9 Å². The minimum absolute atomic E-state index is 0.422. The van der Waals surface area contributed by atoms with E-state index in [4.69, 9.17) is 25.6 Å². The van der Waals surface area contributed by atoms with Crippen LogP contribution in [0.4, 0.5) is 0 Å². The smallest absolute Gasteiger partial charge is 0.487 e. The number of ether oxygens (including phenoxy) is 1. The number of benzene rings is 2. The molecule has 0 spiro atoms. The quantitative estimate of drug-likeness (QED) is 0.526. The molecule has 0 saturated carbocycles. The highest BCUT2D eigenvalue weighted by molar-refractivity contribution is 6.63. The van der Waals surface area contributed by atoms with Gasteiger partial charge >= 0.3 is 7.12 Å². The molecule has 0 radical (unpaired) electrons. The van der Waals surface area contributed by atoms with Gasteiger partial charge < -0.3 is 14.0 Å². The van der Waals surface area contributed by atoms with Crippen LogP contribution in [0.3, 0.4) is 0 Å². The predicted molar refractivity (Wildman–Crippen MR) is 121 cm³/mol. The van der Waals surface area contributed by atoms with Crippen molar-refractivity contribution in [3.05, 3.63) is 77.4 Å². The summed E-state index contributed by atoms with van der Waals surface area (Å²) in [6, 6.07) is 19.6. The van der Waals surface area contributed by atoms with Gasteiger partial charge in [0.25, 0.3) is 0 Å². The number of pyridine rings is 1. The highest BCUT2D eigenvalue weighted by Gasteiger charge is 2.52. The van der Waals surface area contributed by atoms with Crippen molar-refractivity contribution in [2.45, 2.75) is 45.5 Å². The third kappa shape index (κ3) is 4.11. The predicted octanol–water partition coefficient (Wildman–Crippen LogP) is 5.28. The number of hydrogen-bond donors (Lipinski definition) is 0. The zero-order valence-electron chi connectivity index (χ0n) is 17.7. The molecule has 0 unspecified atom stereocenters. The zero-order valence-corrected chi connectivity index (χ0v) is 18.4. The average Bonchev–Trinajstić information content (AvgIpc) is 2.95.